The zero-order valence-electron chi connectivity index (χ0n) is 12.6. The predicted octanol–water partition coefficient (Wildman–Crippen LogP) is 3.80. The Morgan fingerprint density at radius 1 is 1.33 bits per heavy atom. The Balaban J connectivity index is 2.18. The monoisotopic (exact) mass is 308 g/mol. The van der Waals surface area contributed by atoms with Crippen LogP contribution in [0.3, 0.4) is 0 Å². The first-order valence-corrected chi connectivity index (χ1v) is 7.48. The van der Waals surface area contributed by atoms with Crippen LogP contribution in [0.2, 0.25) is 5.02 Å². The van der Waals surface area contributed by atoms with Gasteiger partial charge in [-0.25, -0.2) is 0 Å². The number of hydrogen-bond donors (Lipinski definition) is 1. The molecule has 0 bridgehead atoms. The molecule has 0 aliphatic rings. The number of ether oxygens (including phenoxy) is 1. The number of rotatable bonds is 6. The van der Waals surface area contributed by atoms with Crippen LogP contribution in [-0.2, 0) is 13.0 Å². The molecule has 0 radical (unpaired) electrons. The van der Waals surface area contributed by atoms with Crippen molar-refractivity contribution in [1.29, 1.82) is 0 Å². The van der Waals surface area contributed by atoms with E-state index >= 15 is 0 Å². The van der Waals surface area contributed by atoms with E-state index in [1.807, 2.05) is 32.0 Å². The van der Waals surface area contributed by atoms with Crippen molar-refractivity contribution in [3.63, 3.8) is 0 Å². The predicted molar refractivity (Wildman–Crippen MR) is 83.7 cm³/mol. The van der Waals surface area contributed by atoms with Crippen molar-refractivity contribution in [1.82, 2.24) is 5.16 Å². The summed E-state index contributed by atoms with van der Waals surface area (Å²) in [5.41, 5.74) is 8.82. The molecule has 0 fully saturated rings. The highest BCUT2D eigenvalue weighted by atomic mass is 35.5. The molecule has 1 aromatic heterocycles. The lowest BCUT2D eigenvalue weighted by Gasteiger charge is -2.15. The molecule has 1 aromatic carbocycles. The molecule has 21 heavy (non-hydrogen) atoms. The van der Waals surface area contributed by atoms with E-state index in [9.17, 15) is 0 Å². The normalized spacial score (nSPS) is 12.4. The molecule has 0 saturated heterocycles. The van der Waals surface area contributed by atoms with Gasteiger partial charge in [0.2, 0.25) is 0 Å². The van der Waals surface area contributed by atoms with Gasteiger partial charge in [0.25, 0.3) is 0 Å². The minimum Gasteiger partial charge on any atom is -0.488 e. The number of aryl methyl sites for hydroxylation is 2. The molecule has 2 N–H and O–H groups in total. The largest absolute Gasteiger partial charge is 0.488 e. The van der Waals surface area contributed by atoms with Crippen LogP contribution < -0.4 is 10.5 Å². The fourth-order valence-electron chi connectivity index (χ4n) is 2.14. The molecule has 0 aliphatic carbocycles. The van der Waals surface area contributed by atoms with E-state index in [0.717, 1.165) is 34.8 Å². The van der Waals surface area contributed by atoms with Crippen LogP contribution in [0.25, 0.3) is 0 Å². The third-order valence-electron chi connectivity index (χ3n) is 3.62. The molecular weight excluding hydrogens is 288 g/mol. The van der Waals surface area contributed by atoms with Gasteiger partial charge in [0.15, 0.2) is 0 Å². The molecule has 0 saturated carbocycles. The highest BCUT2D eigenvalue weighted by molar-refractivity contribution is 6.31. The van der Waals surface area contributed by atoms with Crippen LogP contribution in [0.5, 0.6) is 5.75 Å². The van der Waals surface area contributed by atoms with Crippen molar-refractivity contribution >= 4 is 11.6 Å². The number of nitrogens with zero attached hydrogens (tertiary/aromatic N) is 1. The van der Waals surface area contributed by atoms with Crippen LogP contribution in [-0.4, -0.2) is 11.2 Å². The fourth-order valence-corrected chi connectivity index (χ4v) is 2.38. The molecule has 4 nitrogen and oxygen atoms in total. The maximum Gasteiger partial charge on any atom is 0.140 e. The Bertz CT molecular complexity index is 591. The van der Waals surface area contributed by atoms with Crippen LogP contribution >= 0.6 is 11.6 Å². The Morgan fingerprint density at radius 2 is 2.10 bits per heavy atom. The van der Waals surface area contributed by atoms with Crippen molar-refractivity contribution in [2.24, 2.45) is 5.73 Å². The van der Waals surface area contributed by atoms with E-state index in [-0.39, 0.29) is 6.04 Å². The topological polar surface area (TPSA) is 61.3 Å². The van der Waals surface area contributed by atoms with Gasteiger partial charge in [-0.2, -0.15) is 0 Å². The Hall–Kier alpha value is -1.52. The van der Waals surface area contributed by atoms with E-state index in [1.165, 1.54) is 0 Å². The lowest BCUT2D eigenvalue weighted by atomic mass is 10.0. The summed E-state index contributed by atoms with van der Waals surface area (Å²) in [6, 6.07) is 5.74. The first-order valence-electron chi connectivity index (χ1n) is 7.10. The van der Waals surface area contributed by atoms with Gasteiger partial charge in [-0.05, 0) is 38.8 Å². The average Bonchev–Trinajstić information content (AvgIpc) is 2.78. The van der Waals surface area contributed by atoms with Crippen molar-refractivity contribution in [3.05, 3.63) is 45.8 Å². The summed E-state index contributed by atoms with van der Waals surface area (Å²) >= 11 is 6.29. The quantitative estimate of drug-likeness (QED) is 0.881. The lowest BCUT2D eigenvalue weighted by Crippen LogP contribution is -2.22. The molecule has 2 aromatic rings. The second-order valence-electron chi connectivity index (χ2n) is 5.18. The first-order chi connectivity index (χ1) is 10.0. The number of aromatic nitrogens is 1. The minimum absolute atomic E-state index is 0.0753. The maximum absolute atomic E-state index is 6.29. The Kier molecular flexibility index (Phi) is 5.26. The molecule has 1 unspecified atom stereocenters. The van der Waals surface area contributed by atoms with Crippen LogP contribution in [0, 0.1) is 13.8 Å². The summed E-state index contributed by atoms with van der Waals surface area (Å²) in [6.07, 6.45) is 1.60. The maximum atomic E-state index is 6.29. The Morgan fingerprint density at radius 3 is 2.71 bits per heavy atom. The number of nitrogens with two attached hydrogens (primary N) is 1. The zero-order valence-corrected chi connectivity index (χ0v) is 13.4. The molecule has 0 aliphatic heterocycles. The minimum atomic E-state index is 0.0753. The third-order valence-corrected chi connectivity index (χ3v) is 3.97. The smallest absolute Gasteiger partial charge is 0.140 e. The average molecular weight is 309 g/mol. The van der Waals surface area contributed by atoms with Gasteiger partial charge < -0.3 is 15.0 Å². The van der Waals surface area contributed by atoms with Crippen molar-refractivity contribution < 1.29 is 9.26 Å². The van der Waals surface area contributed by atoms with Gasteiger partial charge in [-0.3, -0.25) is 0 Å². The lowest BCUT2D eigenvalue weighted by molar-refractivity contribution is 0.298. The summed E-state index contributed by atoms with van der Waals surface area (Å²) in [4.78, 5) is 0. The standard InChI is InChI=1S/C16H21ClN2O2/c1-4-12(18)8-13-15(17)6-5-7-16(13)20-9-14-10(2)19-21-11(14)3/h5-7,12H,4,8-9,18H2,1-3H3. The van der Waals surface area contributed by atoms with Gasteiger partial charge in [-0.1, -0.05) is 29.7 Å². The highest BCUT2D eigenvalue weighted by Crippen LogP contribution is 2.29. The van der Waals surface area contributed by atoms with Crippen molar-refractivity contribution in [3.8, 4) is 5.75 Å². The number of hydrogen-bond acceptors (Lipinski definition) is 4. The molecule has 5 heteroatoms. The molecule has 2 rings (SSSR count). The molecular formula is C16H21ClN2O2. The summed E-state index contributed by atoms with van der Waals surface area (Å²) in [5.74, 6) is 1.55. The third kappa shape index (κ3) is 3.77. The molecule has 0 amide bonds. The van der Waals surface area contributed by atoms with E-state index in [2.05, 4.69) is 12.1 Å². The summed E-state index contributed by atoms with van der Waals surface area (Å²) in [5, 5.41) is 4.62. The Labute approximate surface area is 130 Å². The molecule has 114 valence electrons. The van der Waals surface area contributed by atoms with Crippen molar-refractivity contribution in [2.75, 3.05) is 0 Å². The van der Waals surface area contributed by atoms with Crippen LogP contribution in [0.15, 0.2) is 22.7 Å². The molecule has 1 heterocycles. The highest BCUT2D eigenvalue weighted by Gasteiger charge is 2.14. The van der Waals surface area contributed by atoms with E-state index < -0.39 is 0 Å². The van der Waals surface area contributed by atoms with E-state index in [1.54, 1.807) is 0 Å². The molecule has 1 atom stereocenters. The van der Waals surface area contributed by atoms with Gasteiger partial charge in [0, 0.05) is 16.6 Å². The van der Waals surface area contributed by atoms with E-state index in [4.69, 9.17) is 26.6 Å². The SMILES string of the molecule is CCC(N)Cc1c(Cl)cccc1OCc1c(C)noc1C. The van der Waals surface area contributed by atoms with Gasteiger partial charge in [0.1, 0.15) is 18.1 Å². The van der Waals surface area contributed by atoms with Crippen LogP contribution in [0.1, 0.15) is 35.9 Å². The summed E-state index contributed by atoms with van der Waals surface area (Å²) in [6.45, 7) is 6.26. The molecule has 0 spiro atoms. The summed E-state index contributed by atoms with van der Waals surface area (Å²) in [7, 11) is 0. The van der Waals surface area contributed by atoms with Crippen LogP contribution in [0.4, 0.5) is 0 Å². The second-order valence-corrected chi connectivity index (χ2v) is 5.59. The number of halogens is 1. The second kappa shape index (κ2) is 6.96. The van der Waals surface area contributed by atoms with Crippen molar-refractivity contribution in [2.45, 2.75) is 46.3 Å². The van der Waals surface area contributed by atoms with E-state index in [0.29, 0.717) is 18.1 Å². The summed E-state index contributed by atoms with van der Waals surface area (Å²) < 4.78 is 11.1. The number of benzene rings is 1. The zero-order chi connectivity index (χ0) is 15.4. The fraction of sp³-hybridized carbons (Fsp3) is 0.438. The van der Waals surface area contributed by atoms with Gasteiger partial charge in [-0.15, -0.1) is 0 Å². The van der Waals surface area contributed by atoms with Gasteiger partial charge in [0.05, 0.1) is 11.3 Å². The van der Waals surface area contributed by atoms with Gasteiger partial charge >= 0.3 is 0 Å². The first kappa shape index (κ1) is 15.9.